The Kier molecular flexibility index (Phi) is 4.31. The molecule has 1 N–H and O–H groups in total. The van der Waals surface area contributed by atoms with Crippen molar-refractivity contribution >= 4 is 11.7 Å². The molecule has 0 atom stereocenters. The topological polar surface area (TPSA) is 55.1 Å². The molecule has 4 aromatic rings. The van der Waals surface area contributed by atoms with Gasteiger partial charge in [0.05, 0.1) is 0 Å². The molecule has 0 unspecified atom stereocenters. The molecular weight excluding hydrogens is 324 g/mol. The highest BCUT2D eigenvalue weighted by atomic mass is 16.4. The molecule has 0 saturated carbocycles. The number of hydrogen-bond acceptors (Lipinski definition) is 3. The molecule has 0 bridgehead atoms. The Balaban J connectivity index is 1.75. The Morgan fingerprint density at radius 1 is 0.731 bits per heavy atom. The summed E-state index contributed by atoms with van der Waals surface area (Å²) in [6, 6.07) is 28.3. The Morgan fingerprint density at radius 2 is 1.27 bits per heavy atom. The van der Waals surface area contributed by atoms with Crippen LogP contribution in [0.25, 0.3) is 22.8 Å². The van der Waals surface area contributed by atoms with Gasteiger partial charge in [-0.25, -0.2) is 0 Å². The summed E-state index contributed by atoms with van der Waals surface area (Å²) < 4.78 is 6.00. The van der Waals surface area contributed by atoms with E-state index in [1.807, 2.05) is 78.9 Å². The molecular formula is C22H16N2O2. The van der Waals surface area contributed by atoms with Crippen molar-refractivity contribution in [3.05, 3.63) is 96.6 Å². The third-order valence-electron chi connectivity index (χ3n) is 3.95. The Bertz CT molecular complexity index is 1010. The van der Waals surface area contributed by atoms with E-state index >= 15 is 0 Å². The number of benzene rings is 3. The van der Waals surface area contributed by atoms with Crippen LogP contribution in [0.5, 0.6) is 0 Å². The van der Waals surface area contributed by atoms with Gasteiger partial charge in [-0.05, 0) is 24.3 Å². The standard InChI is InChI=1S/C22H16N2O2/c25-21(17-12-6-2-7-13-17)23-20-19(16-10-4-1-5-11-16)26-22(24-20)18-14-8-3-9-15-18/h1-15H,(H,23,25). The summed E-state index contributed by atoms with van der Waals surface area (Å²) in [4.78, 5) is 17.1. The molecule has 0 fully saturated rings. The average Bonchev–Trinajstić information content (AvgIpc) is 3.14. The van der Waals surface area contributed by atoms with E-state index in [4.69, 9.17) is 4.42 Å². The number of anilines is 1. The number of nitrogens with one attached hydrogen (secondary N) is 1. The van der Waals surface area contributed by atoms with Gasteiger partial charge in [-0.3, -0.25) is 4.79 Å². The second-order valence-corrected chi connectivity index (χ2v) is 5.75. The van der Waals surface area contributed by atoms with Crippen molar-refractivity contribution in [3.63, 3.8) is 0 Å². The predicted molar refractivity (Wildman–Crippen MR) is 102 cm³/mol. The van der Waals surface area contributed by atoms with E-state index < -0.39 is 0 Å². The summed E-state index contributed by atoms with van der Waals surface area (Å²) in [7, 11) is 0. The van der Waals surface area contributed by atoms with Crippen molar-refractivity contribution < 1.29 is 9.21 Å². The fraction of sp³-hybridized carbons (Fsp3) is 0. The second kappa shape index (κ2) is 7.07. The van der Waals surface area contributed by atoms with E-state index in [1.165, 1.54) is 0 Å². The summed E-state index contributed by atoms with van der Waals surface area (Å²) in [5, 5.41) is 2.87. The van der Waals surface area contributed by atoms with Gasteiger partial charge in [-0.2, -0.15) is 4.98 Å². The number of carbonyl (C=O) groups excluding carboxylic acids is 1. The predicted octanol–water partition coefficient (Wildman–Crippen LogP) is 5.26. The molecule has 0 spiro atoms. The zero-order valence-corrected chi connectivity index (χ0v) is 13.9. The van der Waals surface area contributed by atoms with E-state index in [-0.39, 0.29) is 5.91 Å². The lowest BCUT2D eigenvalue weighted by Crippen LogP contribution is -2.12. The van der Waals surface area contributed by atoms with Gasteiger partial charge < -0.3 is 9.73 Å². The van der Waals surface area contributed by atoms with Gasteiger partial charge in [-0.1, -0.05) is 66.7 Å². The molecule has 0 aliphatic carbocycles. The molecule has 126 valence electrons. The molecule has 0 aliphatic rings. The fourth-order valence-electron chi connectivity index (χ4n) is 2.66. The van der Waals surface area contributed by atoms with E-state index in [0.717, 1.165) is 11.1 Å². The fourth-order valence-corrected chi connectivity index (χ4v) is 2.66. The first-order chi connectivity index (χ1) is 12.8. The molecule has 4 nitrogen and oxygen atoms in total. The highest BCUT2D eigenvalue weighted by molar-refractivity contribution is 6.05. The van der Waals surface area contributed by atoms with E-state index in [2.05, 4.69) is 10.3 Å². The number of oxazole rings is 1. The van der Waals surface area contributed by atoms with Crippen LogP contribution in [0.4, 0.5) is 5.82 Å². The zero-order valence-electron chi connectivity index (χ0n) is 13.9. The van der Waals surface area contributed by atoms with Gasteiger partial charge in [0.25, 0.3) is 5.91 Å². The third kappa shape index (κ3) is 3.26. The number of carbonyl (C=O) groups is 1. The Morgan fingerprint density at radius 3 is 1.88 bits per heavy atom. The van der Waals surface area contributed by atoms with Gasteiger partial charge in [0.2, 0.25) is 5.89 Å². The summed E-state index contributed by atoms with van der Waals surface area (Å²) in [6.07, 6.45) is 0. The van der Waals surface area contributed by atoms with Crippen LogP contribution in [0.1, 0.15) is 10.4 Å². The van der Waals surface area contributed by atoms with Gasteiger partial charge in [0.1, 0.15) is 0 Å². The summed E-state index contributed by atoms with van der Waals surface area (Å²) >= 11 is 0. The monoisotopic (exact) mass is 340 g/mol. The van der Waals surface area contributed by atoms with Crippen LogP contribution in [0, 0.1) is 0 Å². The minimum absolute atomic E-state index is 0.226. The van der Waals surface area contributed by atoms with E-state index in [1.54, 1.807) is 12.1 Å². The lowest BCUT2D eigenvalue weighted by atomic mass is 10.1. The van der Waals surface area contributed by atoms with Crippen LogP contribution in [0.15, 0.2) is 95.4 Å². The van der Waals surface area contributed by atoms with Crippen molar-refractivity contribution in [1.29, 1.82) is 0 Å². The molecule has 3 aromatic carbocycles. The smallest absolute Gasteiger partial charge is 0.256 e. The first kappa shape index (κ1) is 15.8. The molecule has 4 rings (SSSR count). The molecule has 0 aliphatic heterocycles. The van der Waals surface area contributed by atoms with Gasteiger partial charge in [0, 0.05) is 16.7 Å². The number of rotatable bonds is 4. The maximum Gasteiger partial charge on any atom is 0.256 e. The van der Waals surface area contributed by atoms with Gasteiger partial charge in [-0.15, -0.1) is 0 Å². The largest absolute Gasteiger partial charge is 0.434 e. The molecule has 1 aromatic heterocycles. The average molecular weight is 340 g/mol. The lowest BCUT2D eigenvalue weighted by Gasteiger charge is -2.04. The van der Waals surface area contributed by atoms with Crippen molar-refractivity contribution in [2.45, 2.75) is 0 Å². The molecule has 1 amide bonds. The van der Waals surface area contributed by atoms with Gasteiger partial charge >= 0.3 is 0 Å². The minimum atomic E-state index is -0.226. The summed E-state index contributed by atoms with van der Waals surface area (Å²) in [5.74, 6) is 1.18. The third-order valence-corrected chi connectivity index (χ3v) is 3.95. The van der Waals surface area contributed by atoms with Crippen molar-refractivity contribution in [3.8, 4) is 22.8 Å². The van der Waals surface area contributed by atoms with Crippen LogP contribution in [0.2, 0.25) is 0 Å². The summed E-state index contributed by atoms with van der Waals surface area (Å²) in [5.41, 5.74) is 2.27. The van der Waals surface area contributed by atoms with Crippen molar-refractivity contribution in [2.75, 3.05) is 5.32 Å². The van der Waals surface area contributed by atoms with Crippen LogP contribution in [0.3, 0.4) is 0 Å². The lowest BCUT2D eigenvalue weighted by molar-refractivity contribution is 0.102. The molecule has 0 radical (unpaired) electrons. The molecule has 26 heavy (non-hydrogen) atoms. The summed E-state index contributed by atoms with van der Waals surface area (Å²) in [6.45, 7) is 0. The molecule has 1 heterocycles. The van der Waals surface area contributed by atoms with Crippen LogP contribution in [-0.4, -0.2) is 10.9 Å². The van der Waals surface area contributed by atoms with Crippen LogP contribution < -0.4 is 5.32 Å². The number of nitrogens with zero attached hydrogens (tertiary/aromatic N) is 1. The maximum atomic E-state index is 12.6. The minimum Gasteiger partial charge on any atom is -0.434 e. The number of hydrogen-bond donors (Lipinski definition) is 1. The van der Waals surface area contributed by atoms with Crippen LogP contribution >= 0.6 is 0 Å². The Labute approximate surface area is 151 Å². The highest BCUT2D eigenvalue weighted by Crippen LogP contribution is 2.33. The Hall–Kier alpha value is -3.66. The molecule has 4 heteroatoms. The highest BCUT2D eigenvalue weighted by Gasteiger charge is 2.18. The SMILES string of the molecule is O=C(Nc1nc(-c2ccccc2)oc1-c1ccccc1)c1ccccc1. The van der Waals surface area contributed by atoms with Gasteiger partial charge in [0.15, 0.2) is 11.6 Å². The van der Waals surface area contributed by atoms with Crippen molar-refractivity contribution in [1.82, 2.24) is 4.98 Å². The van der Waals surface area contributed by atoms with Crippen molar-refractivity contribution in [2.24, 2.45) is 0 Å². The first-order valence-corrected chi connectivity index (χ1v) is 8.29. The first-order valence-electron chi connectivity index (χ1n) is 8.29. The zero-order chi connectivity index (χ0) is 17.8. The maximum absolute atomic E-state index is 12.6. The van der Waals surface area contributed by atoms with E-state index in [9.17, 15) is 4.79 Å². The van der Waals surface area contributed by atoms with E-state index in [0.29, 0.717) is 23.0 Å². The number of amides is 1. The second-order valence-electron chi connectivity index (χ2n) is 5.75. The number of aromatic nitrogens is 1. The normalized spacial score (nSPS) is 10.5. The molecule has 0 saturated heterocycles. The van der Waals surface area contributed by atoms with Crippen LogP contribution in [-0.2, 0) is 0 Å². The quantitative estimate of drug-likeness (QED) is 0.551.